The number of methoxy groups -OCH3 is 1. The third kappa shape index (κ3) is 3.19. The van der Waals surface area contributed by atoms with Crippen molar-refractivity contribution >= 4 is 5.97 Å². The molecule has 2 aliphatic heterocycles. The van der Waals surface area contributed by atoms with Crippen molar-refractivity contribution in [1.82, 2.24) is 4.90 Å². The van der Waals surface area contributed by atoms with E-state index in [1.807, 2.05) is 0 Å². The average Bonchev–Trinajstić information content (AvgIpc) is 2.87. The number of aliphatic carboxylic acids is 1. The second-order valence-corrected chi connectivity index (χ2v) is 6.50. The molecule has 23 heavy (non-hydrogen) atoms. The zero-order chi connectivity index (χ0) is 16.4. The number of carboxylic acid groups (broad SMARTS) is 1. The van der Waals surface area contributed by atoms with Crippen LogP contribution >= 0.6 is 0 Å². The van der Waals surface area contributed by atoms with Gasteiger partial charge < -0.3 is 14.6 Å². The molecule has 1 aromatic rings. The quantitative estimate of drug-likeness (QED) is 0.920. The molecule has 2 saturated heterocycles. The van der Waals surface area contributed by atoms with Gasteiger partial charge in [-0.1, -0.05) is 6.07 Å². The Morgan fingerprint density at radius 1 is 1.48 bits per heavy atom. The Morgan fingerprint density at radius 2 is 2.22 bits per heavy atom. The molecular formula is C17H22FNO4. The smallest absolute Gasteiger partial charge is 0.308 e. The number of likely N-dealkylation sites (tertiary alicyclic amines) is 1. The van der Waals surface area contributed by atoms with E-state index in [-0.39, 0.29) is 22.9 Å². The Bertz CT molecular complexity index is 586. The summed E-state index contributed by atoms with van der Waals surface area (Å²) < 4.78 is 23.9. The molecule has 2 aliphatic rings. The van der Waals surface area contributed by atoms with E-state index in [1.54, 1.807) is 12.1 Å². The van der Waals surface area contributed by atoms with Gasteiger partial charge >= 0.3 is 5.97 Å². The van der Waals surface area contributed by atoms with Crippen molar-refractivity contribution in [1.29, 1.82) is 0 Å². The zero-order valence-electron chi connectivity index (χ0n) is 13.3. The van der Waals surface area contributed by atoms with Crippen molar-refractivity contribution in [2.75, 3.05) is 33.4 Å². The van der Waals surface area contributed by atoms with Gasteiger partial charge in [-0.15, -0.1) is 0 Å². The molecule has 0 aromatic heterocycles. The van der Waals surface area contributed by atoms with Gasteiger partial charge in [0.2, 0.25) is 0 Å². The molecule has 0 radical (unpaired) electrons. The molecule has 126 valence electrons. The third-order valence-corrected chi connectivity index (χ3v) is 5.13. The summed E-state index contributed by atoms with van der Waals surface area (Å²) in [6.07, 6.45) is 1.57. The number of hydrogen-bond donors (Lipinski definition) is 1. The number of nitrogens with zero attached hydrogens (tertiary/aromatic N) is 1. The molecule has 1 N–H and O–H groups in total. The van der Waals surface area contributed by atoms with Crippen LogP contribution in [-0.4, -0.2) is 49.4 Å². The van der Waals surface area contributed by atoms with Crippen LogP contribution in [0.2, 0.25) is 0 Å². The summed E-state index contributed by atoms with van der Waals surface area (Å²) in [6.45, 7) is 3.12. The molecule has 0 amide bonds. The minimum Gasteiger partial charge on any atom is -0.494 e. The Balaban J connectivity index is 1.75. The minimum atomic E-state index is -0.730. The third-order valence-electron chi connectivity index (χ3n) is 5.13. The van der Waals surface area contributed by atoms with Crippen LogP contribution in [0.15, 0.2) is 18.2 Å². The van der Waals surface area contributed by atoms with Gasteiger partial charge in [-0.3, -0.25) is 9.69 Å². The van der Waals surface area contributed by atoms with Crippen molar-refractivity contribution < 1.29 is 23.8 Å². The summed E-state index contributed by atoms with van der Waals surface area (Å²) in [7, 11) is 1.44. The zero-order valence-corrected chi connectivity index (χ0v) is 13.3. The lowest BCUT2D eigenvalue weighted by atomic mass is 9.72. The van der Waals surface area contributed by atoms with Gasteiger partial charge in [0, 0.05) is 38.3 Å². The van der Waals surface area contributed by atoms with E-state index in [0.717, 1.165) is 24.9 Å². The van der Waals surface area contributed by atoms with Gasteiger partial charge in [0.05, 0.1) is 13.0 Å². The highest BCUT2D eigenvalue weighted by Crippen LogP contribution is 2.44. The molecule has 3 rings (SSSR count). The predicted octanol–water partition coefficient (Wildman–Crippen LogP) is 2.15. The van der Waals surface area contributed by atoms with Gasteiger partial charge in [0.1, 0.15) is 0 Å². The SMILES string of the molecule is COc1cc(CN2CC(C(=O)O)C3(CCOCC3)C2)ccc1F. The maximum Gasteiger partial charge on any atom is 0.308 e. The van der Waals surface area contributed by atoms with Crippen molar-refractivity contribution in [3.8, 4) is 5.75 Å². The standard InChI is InChI=1S/C17H22FNO4/c1-22-15-8-12(2-3-14(15)18)9-19-10-13(16(20)21)17(11-19)4-6-23-7-5-17/h2-3,8,13H,4-7,9-11H2,1H3,(H,20,21). The Labute approximate surface area is 135 Å². The fraction of sp³-hybridized carbons (Fsp3) is 0.588. The number of benzene rings is 1. The first-order valence-electron chi connectivity index (χ1n) is 7.89. The minimum absolute atomic E-state index is 0.200. The van der Waals surface area contributed by atoms with E-state index in [4.69, 9.17) is 9.47 Å². The summed E-state index contributed by atoms with van der Waals surface area (Å²) in [5.41, 5.74) is 0.727. The molecule has 6 heteroatoms. The number of carboxylic acids is 1. The maximum absolute atomic E-state index is 13.5. The fourth-order valence-electron chi connectivity index (χ4n) is 3.88. The van der Waals surface area contributed by atoms with Gasteiger partial charge in [0.25, 0.3) is 0 Å². The van der Waals surface area contributed by atoms with E-state index < -0.39 is 5.97 Å². The molecule has 1 spiro atoms. The van der Waals surface area contributed by atoms with Gasteiger partial charge in [-0.05, 0) is 30.5 Å². The van der Waals surface area contributed by atoms with Crippen LogP contribution in [0.5, 0.6) is 5.75 Å². The predicted molar refractivity (Wildman–Crippen MR) is 81.8 cm³/mol. The van der Waals surface area contributed by atoms with Gasteiger partial charge in [0.15, 0.2) is 11.6 Å². The van der Waals surface area contributed by atoms with Crippen LogP contribution in [-0.2, 0) is 16.1 Å². The van der Waals surface area contributed by atoms with Crippen LogP contribution in [0.1, 0.15) is 18.4 Å². The van der Waals surface area contributed by atoms with Crippen LogP contribution in [0.25, 0.3) is 0 Å². The Morgan fingerprint density at radius 3 is 2.87 bits per heavy atom. The first kappa shape index (κ1) is 16.2. The lowest BCUT2D eigenvalue weighted by Gasteiger charge is -2.36. The van der Waals surface area contributed by atoms with Crippen molar-refractivity contribution in [2.45, 2.75) is 19.4 Å². The average molecular weight is 323 g/mol. The summed E-state index contributed by atoms with van der Waals surface area (Å²) in [4.78, 5) is 13.8. The van der Waals surface area contributed by atoms with Crippen molar-refractivity contribution in [3.05, 3.63) is 29.6 Å². The Kier molecular flexibility index (Phi) is 4.55. The number of halogens is 1. The highest BCUT2D eigenvalue weighted by atomic mass is 19.1. The second kappa shape index (κ2) is 6.45. The highest BCUT2D eigenvalue weighted by molar-refractivity contribution is 5.72. The van der Waals surface area contributed by atoms with Crippen LogP contribution in [0, 0.1) is 17.2 Å². The van der Waals surface area contributed by atoms with Crippen LogP contribution < -0.4 is 4.74 Å². The fourth-order valence-corrected chi connectivity index (χ4v) is 3.88. The summed E-state index contributed by atoms with van der Waals surface area (Å²) in [5, 5.41) is 9.60. The summed E-state index contributed by atoms with van der Waals surface area (Å²) in [5.74, 6) is -1.26. The maximum atomic E-state index is 13.5. The number of carbonyl (C=O) groups is 1. The molecular weight excluding hydrogens is 301 g/mol. The van der Waals surface area contributed by atoms with Crippen LogP contribution in [0.3, 0.4) is 0 Å². The molecule has 0 bridgehead atoms. The monoisotopic (exact) mass is 323 g/mol. The van der Waals surface area contributed by atoms with Crippen molar-refractivity contribution in [2.24, 2.45) is 11.3 Å². The van der Waals surface area contributed by atoms with Gasteiger partial charge in [-0.25, -0.2) is 4.39 Å². The van der Waals surface area contributed by atoms with E-state index >= 15 is 0 Å². The van der Waals surface area contributed by atoms with E-state index in [0.29, 0.717) is 26.3 Å². The summed E-state index contributed by atoms with van der Waals surface area (Å²) in [6, 6.07) is 4.80. The molecule has 5 nitrogen and oxygen atoms in total. The number of rotatable bonds is 4. The van der Waals surface area contributed by atoms with Crippen LogP contribution in [0.4, 0.5) is 4.39 Å². The largest absolute Gasteiger partial charge is 0.494 e. The number of ether oxygens (including phenoxy) is 2. The summed E-state index contributed by atoms with van der Waals surface area (Å²) >= 11 is 0. The Hall–Kier alpha value is -1.66. The first-order chi connectivity index (χ1) is 11.0. The van der Waals surface area contributed by atoms with E-state index in [1.165, 1.54) is 13.2 Å². The molecule has 1 unspecified atom stereocenters. The molecule has 0 aliphatic carbocycles. The highest BCUT2D eigenvalue weighted by Gasteiger charge is 2.50. The molecule has 2 heterocycles. The normalized spacial score (nSPS) is 24.0. The lowest BCUT2D eigenvalue weighted by Crippen LogP contribution is -2.40. The first-order valence-corrected chi connectivity index (χ1v) is 7.89. The van der Waals surface area contributed by atoms with E-state index in [9.17, 15) is 14.3 Å². The number of hydrogen-bond acceptors (Lipinski definition) is 4. The molecule has 1 aromatic carbocycles. The molecule has 1 atom stereocenters. The second-order valence-electron chi connectivity index (χ2n) is 6.50. The topological polar surface area (TPSA) is 59.0 Å². The van der Waals surface area contributed by atoms with Gasteiger partial charge in [-0.2, -0.15) is 0 Å². The lowest BCUT2D eigenvalue weighted by molar-refractivity contribution is -0.147. The molecule has 2 fully saturated rings. The van der Waals surface area contributed by atoms with E-state index in [2.05, 4.69) is 4.90 Å². The van der Waals surface area contributed by atoms with Crippen molar-refractivity contribution in [3.63, 3.8) is 0 Å². The molecule has 0 saturated carbocycles.